The topological polar surface area (TPSA) is 138 Å². The van der Waals surface area contributed by atoms with Crippen molar-refractivity contribution in [2.24, 2.45) is 11.3 Å². The summed E-state index contributed by atoms with van der Waals surface area (Å²) < 4.78 is 65.9. The second-order valence-electron chi connectivity index (χ2n) is 9.17. The second-order valence-corrected chi connectivity index (χ2v) is 13.3. The van der Waals surface area contributed by atoms with Gasteiger partial charge in [0.05, 0.1) is 34.2 Å². The minimum absolute atomic E-state index is 0.0296. The standard InChI is InChI=1S/C27H26O9S2/c1-17-21(28)14-20-22(37(31,32)18-10-6-4-7-11-18)15-27(25(29)35-2,26(30)36-3)16-23(24(17)20)38(33,34)19-12-8-5-9-13-19/h4-14,17,22H,15-16H2,1-3H3. The minimum atomic E-state index is -4.41. The fraction of sp³-hybridized carbons (Fsp3) is 0.296. The summed E-state index contributed by atoms with van der Waals surface area (Å²) in [6.45, 7) is 1.47. The van der Waals surface area contributed by atoms with Gasteiger partial charge in [-0.3, -0.25) is 14.4 Å². The molecule has 0 radical (unpaired) electrons. The van der Waals surface area contributed by atoms with Crippen LogP contribution in [0.1, 0.15) is 19.8 Å². The van der Waals surface area contributed by atoms with Crippen LogP contribution in [-0.4, -0.2) is 54.0 Å². The fourth-order valence-electron chi connectivity index (χ4n) is 5.10. The van der Waals surface area contributed by atoms with Gasteiger partial charge in [-0.2, -0.15) is 0 Å². The summed E-state index contributed by atoms with van der Waals surface area (Å²) in [7, 11) is -6.71. The highest BCUT2D eigenvalue weighted by Crippen LogP contribution is 2.51. The Morgan fingerprint density at radius 1 is 0.842 bits per heavy atom. The van der Waals surface area contributed by atoms with E-state index in [0.717, 1.165) is 20.3 Å². The van der Waals surface area contributed by atoms with Gasteiger partial charge in [-0.05, 0) is 47.9 Å². The van der Waals surface area contributed by atoms with E-state index in [2.05, 4.69) is 0 Å². The number of carbonyl (C=O) groups is 3. The molecule has 9 nitrogen and oxygen atoms in total. The average molecular weight is 559 g/mol. The Labute approximate surface area is 221 Å². The molecular formula is C27H26O9S2. The molecule has 2 unspecified atom stereocenters. The van der Waals surface area contributed by atoms with E-state index in [1.54, 1.807) is 12.1 Å². The summed E-state index contributed by atoms with van der Waals surface area (Å²) in [5, 5.41) is -1.62. The first-order chi connectivity index (χ1) is 17.9. The van der Waals surface area contributed by atoms with E-state index in [0.29, 0.717) is 0 Å². The van der Waals surface area contributed by atoms with Gasteiger partial charge in [0, 0.05) is 12.3 Å². The highest BCUT2D eigenvalue weighted by Gasteiger charge is 2.58. The van der Waals surface area contributed by atoms with Crippen molar-refractivity contribution in [2.75, 3.05) is 14.2 Å². The van der Waals surface area contributed by atoms with Gasteiger partial charge in [0.2, 0.25) is 9.84 Å². The molecule has 0 bridgehead atoms. The molecule has 0 aromatic heterocycles. The molecule has 11 heteroatoms. The highest BCUT2D eigenvalue weighted by molar-refractivity contribution is 7.95. The van der Waals surface area contributed by atoms with Crippen molar-refractivity contribution in [1.29, 1.82) is 0 Å². The number of benzene rings is 2. The smallest absolute Gasteiger partial charge is 0.323 e. The summed E-state index contributed by atoms with van der Waals surface area (Å²) in [5.41, 5.74) is -2.41. The Hall–Kier alpha value is -3.57. The molecule has 38 heavy (non-hydrogen) atoms. The Kier molecular flexibility index (Phi) is 7.19. The number of hydrogen-bond acceptors (Lipinski definition) is 9. The zero-order valence-electron chi connectivity index (χ0n) is 20.9. The van der Waals surface area contributed by atoms with Crippen LogP contribution in [0.5, 0.6) is 0 Å². The van der Waals surface area contributed by atoms with Crippen LogP contribution >= 0.6 is 0 Å². The molecule has 4 rings (SSSR count). The molecule has 0 fully saturated rings. The first-order valence-corrected chi connectivity index (χ1v) is 14.7. The molecule has 0 saturated carbocycles. The molecule has 2 aliphatic carbocycles. The predicted octanol–water partition coefficient (Wildman–Crippen LogP) is 2.83. The summed E-state index contributed by atoms with van der Waals surface area (Å²) in [4.78, 5) is 38.9. The largest absolute Gasteiger partial charge is 0.468 e. The number of methoxy groups -OCH3 is 2. The van der Waals surface area contributed by atoms with Crippen LogP contribution in [0.3, 0.4) is 0 Å². The molecule has 0 heterocycles. The van der Waals surface area contributed by atoms with E-state index in [-0.39, 0.29) is 20.9 Å². The third-order valence-corrected chi connectivity index (χ3v) is 11.1. The van der Waals surface area contributed by atoms with E-state index in [4.69, 9.17) is 9.47 Å². The average Bonchev–Trinajstić information content (AvgIpc) is 3.11. The fourth-order valence-corrected chi connectivity index (χ4v) is 8.82. The number of rotatable bonds is 6. The summed E-state index contributed by atoms with van der Waals surface area (Å²) in [6.07, 6.45) is -0.322. The minimum Gasteiger partial charge on any atom is -0.468 e. The van der Waals surface area contributed by atoms with E-state index in [1.165, 1.54) is 55.5 Å². The second kappa shape index (κ2) is 9.95. The van der Waals surface area contributed by atoms with Gasteiger partial charge in [0.15, 0.2) is 21.0 Å². The molecule has 0 amide bonds. The Balaban J connectivity index is 2.12. The van der Waals surface area contributed by atoms with Crippen molar-refractivity contribution in [2.45, 2.75) is 34.8 Å². The van der Waals surface area contributed by atoms with Gasteiger partial charge in [-0.25, -0.2) is 16.8 Å². The SMILES string of the molecule is COC(=O)C1(C(=O)OC)CC(S(=O)(=O)c2ccccc2)=C2C(=CC(=O)C2C)C(S(=O)(=O)c2ccccc2)C1. The lowest BCUT2D eigenvalue weighted by molar-refractivity contribution is -0.169. The lowest BCUT2D eigenvalue weighted by Crippen LogP contribution is -2.45. The molecular weight excluding hydrogens is 532 g/mol. The maximum Gasteiger partial charge on any atom is 0.323 e. The number of carbonyl (C=O) groups excluding carboxylic acids is 3. The summed E-state index contributed by atoms with van der Waals surface area (Å²) >= 11 is 0. The molecule has 2 aromatic carbocycles. The summed E-state index contributed by atoms with van der Waals surface area (Å²) in [6, 6.07) is 14.7. The molecule has 0 N–H and O–H groups in total. The molecule has 0 aliphatic heterocycles. The van der Waals surface area contributed by atoms with Crippen LogP contribution in [0.4, 0.5) is 0 Å². The maximum atomic E-state index is 14.0. The number of ether oxygens (including phenoxy) is 2. The lowest BCUT2D eigenvalue weighted by Gasteiger charge is -2.30. The molecule has 0 spiro atoms. The van der Waals surface area contributed by atoms with Crippen molar-refractivity contribution < 1.29 is 40.7 Å². The zero-order chi connectivity index (χ0) is 27.9. The van der Waals surface area contributed by atoms with Gasteiger partial charge in [0.25, 0.3) is 0 Å². The van der Waals surface area contributed by atoms with Crippen LogP contribution in [0.25, 0.3) is 0 Å². The first-order valence-electron chi connectivity index (χ1n) is 11.7. The van der Waals surface area contributed by atoms with Crippen LogP contribution in [0.2, 0.25) is 0 Å². The highest BCUT2D eigenvalue weighted by atomic mass is 32.2. The number of allylic oxidation sites excluding steroid dienone is 3. The normalized spacial score (nSPS) is 21.2. The number of hydrogen-bond donors (Lipinski definition) is 0. The Morgan fingerprint density at radius 2 is 1.34 bits per heavy atom. The predicted molar refractivity (Wildman–Crippen MR) is 136 cm³/mol. The quantitative estimate of drug-likeness (QED) is 0.387. The van der Waals surface area contributed by atoms with Crippen LogP contribution in [0.15, 0.2) is 92.6 Å². The molecule has 2 aliphatic rings. The first kappa shape index (κ1) is 27.5. The van der Waals surface area contributed by atoms with Crippen LogP contribution < -0.4 is 0 Å². The molecule has 200 valence electrons. The van der Waals surface area contributed by atoms with Gasteiger partial charge < -0.3 is 9.47 Å². The Bertz CT molecular complexity index is 1550. The van der Waals surface area contributed by atoms with E-state index >= 15 is 0 Å². The van der Waals surface area contributed by atoms with Crippen molar-refractivity contribution in [1.82, 2.24) is 0 Å². The number of esters is 2. The van der Waals surface area contributed by atoms with Crippen molar-refractivity contribution >= 4 is 37.4 Å². The van der Waals surface area contributed by atoms with Gasteiger partial charge in [-0.15, -0.1) is 0 Å². The number of sulfone groups is 2. The van der Waals surface area contributed by atoms with E-state index in [1.807, 2.05) is 0 Å². The van der Waals surface area contributed by atoms with Gasteiger partial charge >= 0.3 is 11.9 Å². The van der Waals surface area contributed by atoms with E-state index in [9.17, 15) is 31.2 Å². The third-order valence-electron chi connectivity index (χ3n) is 7.09. The van der Waals surface area contributed by atoms with Crippen molar-refractivity contribution in [3.05, 3.63) is 82.8 Å². The van der Waals surface area contributed by atoms with Gasteiger partial charge in [-0.1, -0.05) is 43.3 Å². The summed E-state index contributed by atoms with van der Waals surface area (Å²) in [5.74, 6) is -3.79. The lowest BCUT2D eigenvalue weighted by atomic mass is 9.80. The van der Waals surface area contributed by atoms with E-state index < -0.39 is 71.7 Å². The molecule has 2 aromatic rings. The number of ketones is 1. The van der Waals surface area contributed by atoms with Crippen molar-refractivity contribution in [3.63, 3.8) is 0 Å². The molecule has 2 atom stereocenters. The monoisotopic (exact) mass is 558 g/mol. The van der Waals surface area contributed by atoms with Crippen LogP contribution in [0, 0.1) is 11.3 Å². The Morgan fingerprint density at radius 3 is 1.84 bits per heavy atom. The van der Waals surface area contributed by atoms with Crippen LogP contribution in [-0.2, 0) is 43.5 Å². The maximum absolute atomic E-state index is 14.0. The third kappa shape index (κ3) is 4.29. The molecule has 0 saturated heterocycles. The zero-order valence-corrected chi connectivity index (χ0v) is 22.5. The van der Waals surface area contributed by atoms with Crippen molar-refractivity contribution in [3.8, 4) is 0 Å². The van der Waals surface area contributed by atoms with Gasteiger partial charge in [0.1, 0.15) is 0 Å². The number of fused-ring (bicyclic) bond motifs is 1.